The second kappa shape index (κ2) is 12.1. The molecule has 0 saturated carbocycles. The molecule has 0 atom stereocenters. The van der Waals surface area contributed by atoms with E-state index in [0.29, 0.717) is 31.3 Å². The average Bonchev–Trinajstić information content (AvgIpc) is 3.45. The van der Waals surface area contributed by atoms with Crippen molar-refractivity contribution >= 4 is 32.2 Å². The van der Waals surface area contributed by atoms with Crippen molar-refractivity contribution in [2.24, 2.45) is 5.73 Å². The van der Waals surface area contributed by atoms with Crippen molar-refractivity contribution in [3.63, 3.8) is 0 Å². The zero-order valence-electron chi connectivity index (χ0n) is 21.2. The Morgan fingerprint density at radius 3 is 2.54 bits per heavy atom. The van der Waals surface area contributed by atoms with Gasteiger partial charge in [-0.15, -0.1) is 0 Å². The summed E-state index contributed by atoms with van der Waals surface area (Å²) in [4.78, 5) is 8.86. The van der Waals surface area contributed by atoms with Crippen molar-refractivity contribution in [3.05, 3.63) is 103 Å². The Balaban J connectivity index is 1.25. The van der Waals surface area contributed by atoms with Gasteiger partial charge < -0.3 is 25.5 Å². The summed E-state index contributed by atoms with van der Waals surface area (Å²) in [5, 5.41) is 7.34. The van der Waals surface area contributed by atoms with Gasteiger partial charge >= 0.3 is 0 Å². The number of hydrogen-bond donors (Lipinski definition) is 3. The molecule has 9 nitrogen and oxygen atoms in total. The number of aromatic nitrogens is 2. The SMILES string of the molecule is NCS(=O)(=O)CCNCc1coc(-c2ccc3ncnc(Nc4ccc(OCc5ccccc5)cc4)c3c2)c1. The first-order valence-corrected chi connectivity index (χ1v) is 14.3. The number of rotatable bonds is 12. The van der Waals surface area contributed by atoms with Gasteiger partial charge in [-0.25, -0.2) is 18.4 Å². The number of ether oxygens (including phenoxy) is 1. The molecule has 3 aromatic carbocycles. The highest BCUT2D eigenvalue weighted by molar-refractivity contribution is 7.91. The van der Waals surface area contributed by atoms with Gasteiger partial charge in [0.2, 0.25) is 0 Å². The molecule has 5 rings (SSSR count). The number of sulfone groups is 1. The van der Waals surface area contributed by atoms with Crippen molar-refractivity contribution in [1.82, 2.24) is 15.3 Å². The molecule has 0 amide bonds. The summed E-state index contributed by atoms with van der Waals surface area (Å²) in [7, 11) is -3.21. The average molecular weight is 544 g/mol. The molecule has 0 aliphatic heterocycles. The summed E-state index contributed by atoms with van der Waals surface area (Å²) in [6.45, 7) is 1.31. The third-order valence-corrected chi connectivity index (χ3v) is 7.45. The number of benzene rings is 3. The van der Waals surface area contributed by atoms with Gasteiger partial charge in [0.25, 0.3) is 0 Å². The summed E-state index contributed by atoms with van der Waals surface area (Å²) in [6, 6.07) is 25.6. The number of furan rings is 1. The van der Waals surface area contributed by atoms with Gasteiger partial charge in [0.05, 0.1) is 23.4 Å². The summed E-state index contributed by atoms with van der Waals surface area (Å²) in [6.07, 6.45) is 3.19. The van der Waals surface area contributed by atoms with Crippen LogP contribution in [0.2, 0.25) is 0 Å². The van der Waals surface area contributed by atoms with Crippen molar-refractivity contribution in [3.8, 4) is 17.1 Å². The van der Waals surface area contributed by atoms with Crippen LogP contribution in [-0.4, -0.2) is 36.6 Å². The second-order valence-corrected chi connectivity index (χ2v) is 11.2. The molecule has 39 heavy (non-hydrogen) atoms. The Bertz CT molecular complexity index is 1640. The topological polar surface area (TPSA) is 132 Å². The number of anilines is 2. The van der Waals surface area contributed by atoms with Crippen LogP contribution in [0.25, 0.3) is 22.2 Å². The molecule has 200 valence electrons. The minimum atomic E-state index is -3.21. The summed E-state index contributed by atoms with van der Waals surface area (Å²) in [5.41, 5.74) is 9.82. The number of nitrogens with one attached hydrogen (secondary N) is 2. The Labute approximate surface area is 227 Å². The molecule has 0 spiro atoms. The zero-order chi connectivity index (χ0) is 27.1. The van der Waals surface area contributed by atoms with E-state index in [9.17, 15) is 8.42 Å². The Morgan fingerprint density at radius 2 is 1.74 bits per heavy atom. The Morgan fingerprint density at radius 1 is 0.923 bits per heavy atom. The lowest BCUT2D eigenvalue weighted by Gasteiger charge is -2.11. The summed E-state index contributed by atoms with van der Waals surface area (Å²) < 4.78 is 34.7. The first-order chi connectivity index (χ1) is 19.0. The molecule has 4 N–H and O–H groups in total. The number of fused-ring (bicyclic) bond motifs is 1. The Hall–Kier alpha value is -4.25. The van der Waals surface area contributed by atoms with E-state index < -0.39 is 9.84 Å². The molecule has 0 saturated heterocycles. The van der Waals surface area contributed by atoms with Gasteiger partial charge in [-0.2, -0.15) is 0 Å². The van der Waals surface area contributed by atoms with E-state index in [1.54, 1.807) is 6.26 Å². The van der Waals surface area contributed by atoms with Crippen molar-refractivity contribution in [2.45, 2.75) is 13.2 Å². The highest BCUT2D eigenvalue weighted by Gasteiger charge is 2.11. The molecule has 0 fully saturated rings. The maximum atomic E-state index is 11.5. The van der Waals surface area contributed by atoms with Gasteiger partial charge in [0.1, 0.15) is 30.3 Å². The van der Waals surface area contributed by atoms with E-state index in [1.807, 2.05) is 78.9 Å². The van der Waals surface area contributed by atoms with Crippen LogP contribution in [0.15, 0.2) is 95.9 Å². The number of nitrogens with zero attached hydrogens (tertiary/aromatic N) is 2. The fourth-order valence-corrected chi connectivity index (χ4v) is 4.61. The molecule has 2 aromatic heterocycles. The van der Waals surface area contributed by atoms with Gasteiger partial charge in [0.15, 0.2) is 9.84 Å². The van der Waals surface area contributed by atoms with E-state index >= 15 is 0 Å². The third kappa shape index (κ3) is 6.99. The lowest BCUT2D eigenvalue weighted by Crippen LogP contribution is -2.26. The predicted octanol–water partition coefficient (Wildman–Crippen LogP) is 4.63. The quantitative estimate of drug-likeness (QED) is 0.193. The van der Waals surface area contributed by atoms with Gasteiger partial charge in [0, 0.05) is 35.3 Å². The molecular weight excluding hydrogens is 514 g/mol. The van der Waals surface area contributed by atoms with Crippen LogP contribution in [0.1, 0.15) is 11.1 Å². The highest BCUT2D eigenvalue weighted by atomic mass is 32.2. The van der Waals surface area contributed by atoms with Crippen LogP contribution >= 0.6 is 0 Å². The van der Waals surface area contributed by atoms with Gasteiger partial charge in [-0.05, 0) is 54.1 Å². The van der Waals surface area contributed by atoms with Gasteiger partial charge in [-0.3, -0.25) is 0 Å². The zero-order valence-corrected chi connectivity index (χ0v) is 22.0. The molecule has 0 aliphatic rings. The minimum Gasteiger partial charge on any atom is -0.489 e. The van der Waals surface area contributed by atoms with E-state index in [0.717, 1.165) is 39.0 Å². The molecule has 0 aliphatic carbocycles. The maximum absolute atomic E-state index is 11.5. The predicted molar refractivity (Wildman–Crippen MR) is 152 cm³/mol. The van der Waals surface area contributed by atoms with Crippen molar-refractivity contribution < 1.29 is 17.6 Å². The maximum Gasteiger partial charge on any atom is 0.164 e. The van der Waals surface area contributed by atoms with E-state index in [4.69, 9.17) is 14.9 Å². The summed E-state index contributed by atoms with van der Waals surface area (Å²) in [5.74, 6) is 1.80. The minimum absolute atomic E-state index is 0.00189. The van der Waals surface area contributed by atoms with Crippen LogP contribution in [-0.2, 0) is 23.0 Å². The molecule has 0 radical (unpaired) electrons. The van der Waals surface area contributed by atoms with E-state index in [-0.39, 0.29) is 11.6 Å². The van der Waals surface area contributed by atoms with Crippen LogP contribution in [0, 0.1) is 0 Å². The number of nitrogens with two attached hydrogens (primary N) is 1. The molecule has 0 bridgehead atoms. The number of hydrogen-bond acceptors (Lipinski definition) is 9. The molecule has 5 aromatic rings. The monoisotopic (exact) mass is 543 g/mol. The lowest BCUT2D eigenvalue weighted by molar-refractivity contribution is 0.306. The normalized spacial score (nSPS) is 11.5. The third-order valence-electron chi connectivity index (χ3n) is 6.11. The molecule has 10 heteroatoms. The second-order valence-electron chi connectivity index (χ2n) is 8.99. The highest BCUT2D eigenvalue weighted by Crippen LogP contribution is 2.30. The van der Waals surface area contributed by atoms with Crippen molar-refractivity contribution in [2.75, 3.05) is 23.5 Å². The fraction of sp³-hybridized carbons (Fsp3) is 0.172. The standard InChI is InChI=1S/C29H29N5O4S/c30-19-39(35,36)13-12-31-16-22-14-28(38-18-22)23-6-11-27-26(15-23)29(33-20-32-27)34-24-7-9-25(10-8-24)37-17-21-4-2-1-3-5-21/h1-11,14-15,18,20,31H,12-13,16-17,19,30H2,(H,32,33,34). The first kappa shape index (κ1) is 26.4. The van der Waals surface area contributed by atoms with Crippen molar-refractivity contribution in [1.29, 1.82) is 0 Å². The molecule has 2 heterocycles. The Kier molecular flexibility index (Phi) is 8.16. The molecular formula is C29H29N5O4S. The van der Waals surface area contributed by atoms with Crippen LogP contribution in [0.5, 0.6) is 5.75 Å². The van der Waals surface area contributed by atoms with Gasteiger partial charge in [-0.1, -0.05) is 30.3 Å². The lowest BCUT2D eigenvalue weighted by atomic mass is 10.1. The molecule has 0 unspecified atom stereocenters. The summed E-state index contributed by atoms with van der Waals surface area (Å²) >= 11 is 0. The van der Waals surface area contributed by atoms with E-state index in [2.05, 4.69) is 20.6 Å². The largest absolute Gasteiger partial charge is 0.489 e. The van der Waals surface area contributed by atoms with E-state index in [1.165, 1.54) is 6.33 Å². The van der Waals surface area contributed by atoms with Crippen LogP contribution in [0.4, 0.5) is 11.5 Å². The first-order valence-electron chi connectivity index (χ1n) is 12.5. The van der Waals surface area contributed by atoms with Crippen LogP contribution in [0.3, 0.4) is 0 Å². The smallest absolute Gasteiger partial charge is 0.164 e. The van der Waals surface area contributed by atoms with Crippen LogP contribution < -0.4 is 21.1 Å². The fourth-order valence-electron chi connectivity index (χ4n) is 3.99.